The lowest BCUT2D eigenvalue weighted by Crippen LogP contribution is -2.10. The number of hydrogen-bond donors (Lipinski definition) is 1. The number of nitrogens with zero attached hydrogens (tertiary/aromatic N) is 4. The maximum atomic E-state index is 5.77. The monoisotopic (exact) mass is 261 g/mol. The van der Waals surface area contributed by atoms with Crippen LogP contribution in [0, 0.1) is 13.8 Å². The van der Waals surface area contributed by atoms with Gasteiger partial charge in [0.15, 0.2) is 0 Å². The summed E-state index contributed by atoms with van der Waals surface area (Å²) in [6.45, 7) is 10.5. The number of nitrogens with two attached hydrogens (primary N) is 1. The molecule has 0 aliphatic rings. The third-order valence-electron chi connectivity index (χ3n) is 3.62. The first kappa shape index (κ1) is 13.8. The Bertz CT molecular complexity index is 565. The molecule has 0 aliphatic heterocycles. The molecule has 0 unspecified atom stereocenters. The molecule has 2 heterocycles. The van der Waals surface area contributed by atoms with E-state index in [1.807, 2.05) is 11.6 Å². The van der Waals surface area contributed by atoms with Crippen LogP contribution in [0.2, 0.25) is 0 Å². The second-order valence-electron chi connectivity index (χ2n) is 4.81. The van der Waals surface area contributed by atoms with Crippen molar-refractivity contribution in [3.05, 3.63) is 34.4 Å². The van der Waals surface area contributed by atoms with Gasteiger partial charge in [-0.15, -0.1) is 0 Å². The van der Waals surface area contributed by atoms with Crippen molar-refractivity contribution in [3.63, 3.8) is 0 Å². The predicted octanol–water partition coefficient (Wildman–Crippen LogP) is 1.79. The van der Waals surface area contributed by atoms with E-state index in [0.717, 1.165) is 42.2 Å². The summed E-state index contributed by atoms with van der Waals surface area (Å²) in [5, 5.41) is 9.16. The van der Waals surface area contributed by atoms with Crippen LogP contribution < -0.4 is 5.73 Å². The largest absolute Gasteiger partial charge is 0.326 e. The minimum atomic E-state index is 0.547. The molecule has 0 saturated heterocycles. The highest BCUT2D eigenvalue weighted by molar-refractivity contribution is 5.25. The van der Waals surface area contributed by atoms with Crippen LogP contribution in [-0.2, 0) is 26.1 Å². The second-order valence-corrected chi connectivity index (χ2v) is 4.81. The highest BCUT2D eigenvalue weighted by atomic mass is 15.3. The molecule has 0 aromatic carbocycles. The van der Waals surface area contributed by atoms with Gasteiger partial charge in [0.05, 0.1) is 23.6 Å². The molecule has 2 N–H and O–H groups in total. The Morgan fingerprint density at radius 2 is 1.89 bits per heavy atom. The summed E-state index contributed by atoms with van der Waals surface area (Å²) in [7, 11) is 0. The van der Waals surface area contributed by atoms with Gasteiger partial charge in [0.2, 0.25) is 0 Å². The summed E-state index contributed by atoms with van der Waals surface area (Å²) in [6, 6.07) is 2.17. The van der Waals surface area contributed by atoms with Gasteiger partial charge in [-0.05, 0) is 33.3 Å². The van der Waals surface area contributed by atoms with Crippen molar-refractivity contribution in [1.29, 1.82) is 0 Å². The van der Waals surface area contributed by atoms with Crippen LogP contribution in [0.3, 0.4) is 0 Å². The van der Waals surface area contributed by atoms with E-state index in [1.54, 1.807) is 0 Å². The summed E-state index contributed by atoms with van der Waals surface area (Å²) in [4.78, 5) is 0. The second kappa shape index (κ2) is 5.57. The van der Waals surface area contributed by atoms with Gasteiger partial charge >= 0.3 is 0 Å². The molecular weight excluding hydrogens is 238 g/mol. The highest BCUT2D eigenvalue weighted by Gasteiger charge is 2.12. The van der Waals surface area contributed by atoms with E-state index >= 15 is 0 Å². The maximum absolute atomic E-state index is 5.77. The summed E-state index contributed by atoms with van der Waals surface area (Å²) < 4.78 is 4.08. The number of aromatic nitrogens is 4. The normalized spacial score (nSPS) is 11.2. The van der Waals surface area contributed by atoms with Gasteiger partial charge in [0.1, 0.15) is 0 Å². The molecule has 19 heavy (non-hydrogen) atoms. The van der Waals surface area contributed by atoms with E-state index in [2.05, 4.69) is 41.7 Å². The van der Waals surface area contributed by atoms with Crippen LogP contribution in [0.5, 0.6) is 0 Å². The number of aryl methyl sites for hydroxylation is 3. The van der Waals surface area contributed by atoms with Gasteiger partial charge in [0, 0.05) is 24.3 Å². The Balaban J connectivity index is 2.33. The molecule has 5 nitrogen and oxygen atoms in total. The molecule has 0 atom stereocenters. The quantitative estimate of drug-likeness (QED) is 0.892. The van der Waals surface area contributed by atoms with Crippen molar-refractivity contribution in [3.8, 4) is 0 Å². The summed E-state index contributed by atoms with van der Waals surface area (Å²) >= 11 is 0. The fraction of sp³-hybridized carbons (Fsp3) is 0.571. The van der Waals surface area contributed by atoms with Crippen molar-refractivity contribution in [2.45, 2.75) is 53.8 Å². The lowest BCUT2D eigenvalue weighted by molar-refractivity contribution is 0.565. The van der Waals surface area contributed by atoms with Crippen LogP contribution in [0.25, 0.3) is 0 Å². The zero-order valence-electron chi connectivity index (χ0n) is 12.3. The topological polar surface area (TPSA) is 61.7 Å². The average molecular weight is 261 g/mol. The van der Waals surface area contributed by atoms with Crippen LogP contribution in [0.15, 0.2) is 6.07 Å². The van der Waals surface area contributed by atoms with Gasteiger partial charge in [-0.1, -0.05) is 6.92 Å². The van der Waals surface area contributed by atoms with Crippen LogP contribution in [0.4, 0.5) is 0 Å². The predicted molar refractivity (Wildman–Crippen MR) is 76.0 cm³/mol. The zero-order valence-corrected chi connectivity index (χ0v) is 12.3. The lowest BCUT2D eigenvalue weighted by Gasteiger charge is -2.07. The van der Waals surface area contributed by atoms with Gasteiger partial charge in [-0.3, -0.25) is 9.36 Å². The third-order valence-corrected chi connectivity index (χ3v) is 3.62. The van der Waals surface area contributed by atoms with Gasteiger partial charge in [-0.2, -0.15) is 10.2 Å². The summed E-state index contributed by atoms with van der Waals surface area (Å²) in [6.07, 6.45) is 0.963. The van der Waals surface area contributed by atoms with Gasteiger partial charge < -0.3 is 5.73 Å². The van der Waals surface area contributed by atoms with Crippen LogP contribution in [-0.4, -0.2) is 19.6 Å². The average Bonchev–Trinajstić information content (AvgIpc) is 2.91. The van der Waals surface area contributed by atoms with E-state index in [9.17, 15) is 0 Å². The SMILES string of the molecule is CCc1cc(Cn2nc(C)c(CN)c2C)n(CC)n1. The Morgan fingerprint density at radius 3 is 2.42 bits per heavy atom. The van der Waals surface area contributed by atoms with E-state index < -0.39 is 0 Å². The fourth-order valence-electron chi connectivity index (χ4n) is 2.43. The van der Waals surface area contributed by atoms with Crippen molar-refractivity contribution in [2.75, 3.05) is 0 Å². The smallest absolute Gasteiger partial charge is 0.0831 e. The van der Waals surface area contributed by atoms with E-state index in [-0.39, 0.29) is 0 Å². The van der Waals surface area contributed by atoms with E-state index in [4.69, 9.17) is 5.73 Å². The van der Waals surface area contributed by atoms with Crippen molar-refractivity contribution < 1.29 is 0 Å². The standard InChI is InChI=1S/C14H23N5/c1-5-12-7-13(18(6-2)17-12)9-19-11(4)14(8-15)10(3)16-19/h7H,5-6,8-9,15H2,1-4H3. The maximum Gasteiger partial charge on any atom is 0.0831 e. The Kier molecular flexibility index (Phi) is 4.04. The third kappa shape index (κ3) is 2.56. The molecule has 0 aliphatic carbocycles. The molecule has 0 spiro atoms. The van der Waals surface area contributed by atoms with Crippen molar-refractivity contribution in [2.24, 2.45) is 5.73 Å². The van der Waals surface area contributed by atoms with Crippen LogP contribution >= 0.6 is 0 Å². The molecule has 0 amide bonds. The molecule has 2 rings (SSSR count). The number of hydrogen-bond acceptors (Lipinski definition) is 3. The number of rotatable bonds is 5. The first-order chi connectivity index (χ1) is 9.10. The molecule has 0 bridgehead atoms. The fourth-order valence-corrected chi connectivity index (χ4v) is 2.43. The Hall–Kier alpha value is -1.62. The molecular formula is C14H23N5. The van der Waals surface area contributed by atoms with E-state index in [0.29, 0.717) is 6.54 Å². The summed E-state index contributed by atoms with van der Waals surface area (Å²) in [5.74, 6) is 0. The minimum absolute atomic E-state index is 0.547. The first-order valence-corrected chi connectivity index (χ1v) is 6.89. The van der Waals surface area contributed by atoms with Crippen LogP contribution in [0.1, 0.15) is 42.2 Å². The van der Waals surface area contributed by atoms with E-state index in [1.165, 1.54) is 5.69 Å². The van der Waals surface area contributed by atoms with Gasteiger partial charge in [0.25, 0.3) is 0 Å². The first-order valence-electron chi connectivity index (χ1n) is 6.89. The molecule has 0 radical (unpaired) electrons. The van der Waals surface area contributed by atoms with Crippen molar-refractivity contribution >= 4 is 0 Å². The molecule has 0 fully saturated rings. The Morgan fingerprint density at radius 1 is 1.16 bits per heavy atom. The molecule has 104 valence electrons. The molecule has 2 aromatic heterocycles. The minimum Gasteiger partial charge on any atom is -0.326 e. The lowest BCUT2D eigenvalue weighted by atomic mass is 10.2. The van der Waals surface area contributed by atoms with Crippen molar-refractivity contribution in [1.82, 2.24) is 19.6 Å². The Labute approximate surface area is 114 Å². The zero-order chi connectivity index (χ0) is 14.0. The molecule has 2 aromatic rings. The van der Waals surface area contributed by atoms with Gasteiger partial charge in [-0.25, -0.2) is 0 Å². The molecule has 0 saturated carbocycles. The summed E-state index contributed by atoms with van der Waals surface area (Å²) in [5.41, 5.74) is 11.4. The highest BCUT2D eigenvalue weighted by Crippen LogP contribution is 2.15. The molecule has 5 heteroatoms.